The molecule has 0 radical (unpaired) electrons. The zero-order valence-electron chi connectivity index (χ0n) is 10.4. The zero-order chi connectivity index (χ0) is 13.0. The fraction of sp³-hybridized carbons (Fsp3) is 0.571. The molecule has 0 spiro atoms. The molecule has 1 heterocycles. The molecule has 2 rings (SSSR count). The van der Waals surface area contributed by atoms with Crippen LogP contribution in [0.1, 0.15) is 36.8 Å². The van der Waals surface area contributed by atoms with Gasteiger partial charge in [-0.1, -0.05) is 12.1 Å². The second-order valence-electron chi connectivity index (χ2n) is 5.04. The zero-order valence-corrected chi connectivity index (χ0v) is 10.4. The molecule has 1 fully saturated rings. The van der Waals surface area contributed by atoms with Crippen LogP contribution in [0, 0.1) is 0 Å². The van der Waals surface area contributed by atoms with Crippen LogP contribution in [-0.2, 0) is 12.7 Å². The maximum atomic E-state index is 12.6. The van der Waals surface area contributed by atoms with Gasteiger partial charge in [-0.25, -0.2) is 0 Å². The summed E-state index contributed by atoms with van der Waals surface area (Å²) in [7, 11) is 0. The predicted octanol–water partition coefficient (Wildman–Crippen LogP) is 2.66. The Morgan fingerprint density at radius 2 is 1.67 bits per heavy atom. The van der Waals surface area contributed by atoms with E-state index < -0.39 is 11.7 Å². The molecule has 1 aliphatic rings. The Hall–Kier alpha value is -1.03. The van der Waals surface area contributed by atoms with Gasteiger partial charge in [0.2, 0.25) is 0 Å². The van der Waals surface area contributed by atoms with Crippen molar-refractivity contribution in [2.45, 2.75) is 38.4 Å². The highest BCUT2D eigenvalue weighted by atomic mass is 19.4. The average Bonchev–Trinajstić information content (AvgIpc) is 2.57. The van der Waals surface area contributed by atoms with Crippen LogP contribution in [0.4, 0.5) is 13.2 Å². The Labute approximate surface area is 106 Å². The Balaban J connectivity index is 2.04. The highest BCUT2D eigenvalue weighted by Gasteiger charge is 2.30. The van der Waals surface area contributed by atoms with Crippen molar-refractivity contribution in [3.05, 3.63) is 35.4 Å². The normalized spacial score (nSPS) is 18.6. The molecule has 1 aromatic carbocycles. The van der Waals surface area contributed by atoms with Crippen LogP contribution in [-0.4, -0.2) is 13.1 Å². The number of alkyl halides is 3. The second-order valence-corrected chi connectivity index (χ2v) is 5.04. The fourth-order valence-corrected chi connectivity index (χ4v) is 2.55. The summed E-state index contributed by atoms with van der Waals surface area (Å²) in [6, 6.07) is 5.74. The van der Waals surface area contributed by atoms with Gasteiger partial charge in [0.25, 0.3) is 0 Å². The molecule has 1 aromatic rings. The molecule has 1 aliphatic heterocycles. The minimum Gasteiger partial charge on any atom is -0.331 e. The van der Waals surface area contributed by atoms with Gasteiger partial charge in [0, 0.05) is 5.56 Å². The lowest BCUT2D eigenvalue weighted by Crippen LogP contribution is -3.10. The van der Waals surface area contributed by atoms with Crippen LogP contribution in [0.2, 0.25) is 0 Å². The van der Waals surface area contributed by atoms with Gasteiger partial charge in [-0.3, -0.25) is 0 Å². The van der Waals surface area contributed by atoms with E-state index in [0.29, 0.717) is 6.54 Å². The molecule has 0 amide bonds. The summed E-state index contributed by atoms with van der Waals surface area (Å²) < 4.78 is 37.8. The number of benzene rings is 1. The van der Waals surface area contributed by atoms with Gasteiger partial charge in [0.05, 0.1) is 18.7 Å². The number of halogens is 3. The summed E-state index contributed by atoms with van der Waals surface area (Å²) in [5.74, 6) is 0. The highest BCUT2D eigenvalue weighted by Crippen LogP contribution is 2.29. The van der Waals surface area contributed by atoms with Crippen molar-refractivity contribution >= 4 is 0 Å². The minimum atomic E-state index is -4.23. The molecule has 0 unspecified atom stereocenters. The van der Waals surface area contributed by atoms with E-state index >= 15 is 0 Å². The Kier molecular flexibility index (Phi) is 4.27. The third-order valence-corrected chi connectivity index (χ3v) is 3.52. The number of likely N-dealkylation sites (tertiary alicyclic amines) is 1. The van der Waals surface area contributed by atoms with Gasteiger partial charge in [-0.2, -0.15) is 13.2 Å². The molecule has 0 aliphatic carbocycles. The van der Waals surface area contributed by atoms with Crippen LogP contribution in [0.15, 0.2) is 24.3 Å². The number of rotatable bonds is 2. The van der Waals surface area contributed by atoms with Crippen molar-refractivity contribution in [3.8, 4) is 0 Å². The van der Waals surface area contributed by atoms with E-state index in [1.165, 1.54) is 42.7 Å². The smallest absolute Gasteiger partial charge is 0.331 e. The molecule has 18 heavy (non-hydrogen) atoms. The average molecular weight is 258 g/mol. The molecular formula is C14H19F3N+. The van der Waals surface area contributed by atoms with E-state index in [2.05, 4.69) is 0 Å². The van der Waals surface area contributed by atoms with E-state index in [0.717, 1.165) is 24.7 Å². The van der Waals surface area contributed by atoms with Crippen LogP contribution in [0.25, 0.3) is 0 Å². The maximum absolute atomic E-state index is 12.6. The molecule has 1 saturated heterocycles. The molecule has 0 bridgehead atoms. The Morgan fingerprint density at radius 1 is 1.00 bits per heavy atom. The molecule has 0 saturated carbocycles. The third kappa shape index (κ3) is 3.73. The van der Waals surface area contributed by atoms with Gasteiger partial charge < -0.3 is 4.90 Å². The van der Waals surface area contributed by atoms with Gasteiger partial charge in [-0.05, 0) is 37.8 Å². The summed E-state index contributed by atoms with van der Waals surface area (Å²) in [6.45, 7) is 2.87. The summed E-state index contributed by atoms with van der Waals surface area (Å²) in [6.07, 6.45) is 0.658. The molecule has 100 valence electrons. The molecular weight excluding hydrogens is 239 g/mol. The van der Waals surface area contributed by atoms with E-state index in [-0.39, 0.29) is 0 Å². The van der Waals surface area contributed by atoms with Gasteiger partial charge in [0.1, 0.15) is 6.54 Å². The first-order valence-electron chi connectivity index (χ1n) is 6.55. The van der Waals surface area contributed by atoms with E-state index in [4.69, 9.17) is 0 Å². The second kappa shape index (κ2) is 5.74. The van der Waals surface area contributed by atoms with Crippen molar-refractivity contribution in [3.63, 3.8) is 0 Å². The molecule has 0 atom stereocenters. The summed E-state index contributed by atoms with van der Waals surface area (Å²) in [5.41, 5.74) is 0.260. The fourth-order valence-electron chi connectivity index (χ4n) is 2.55. The van der Waals surface area contributed by atoms with Gasteiger partial charge >= 0.3 is 6.18 Å². The van der Waals surface area contributed by atoms with Crippen molar-refractivity contribution in [2.75, 3.05) is 13.1 Å². The lowest BCUT2D eigenvalue weighted by atomic mass is 10.1. The SMILES string of the molecule is FC(F)(F)c1cccc(C[NH+]2CCCCCC2)c1. The van der Waals surface area contributed by atoms with Crippen molar-refractivity contribution < 1.29 is 18.1 Å². The molecule has 0 aromatic heterocycles. The monoisotopic (exact) mass is 258 g/mol. The Morgan fingerprint density at radius 3 is 2.28 bits per heavy atom. The lowest BCUT2D eigenvalue weighted by molar-refractivity contribution is -0.913. The first kappa shape index (κ1) is 13.4. The van der Waals surface area contributed by atoms with Crippen molar-refractivity contribution in [2.24, 2.45) is 0 Å². The minimum absolute atomic E-state index is 0.533. The van der Waals surface area contributed by atoms with Crippen LogP contribution >= 0.6 is 0 Å². The van der Waals surface area contributed by atoms with Gasteiger partial charge in [-0.15, -0.1) is 0 Å². The standard InChI is InChI=1S/C14H18F3N/c15-14(16,17)13-7-5-6-12(10-13)11-18-8-3-1-2-4-9-18/h5-7,10H,1-4,8-9,11H2/p+1. The quantitative estimate of drug-likeness (QED) is 0.832. The summed E-state index contributed by atoms with van der Waals surface area (Å²) >= 11 is 0. The van der Waals surface area contributed by atoms with Crippen molar-refractivity contribution in [1.29, 1.82) is 0 Å². The number of hydrogen-bond acceptors (Lipinski definition) is 0. The summed E-state index contributed by atoms with van der Waals surface area (Å²) in [4.78, 5) is 1.41. The van der Waals surface area contributed by atoms with Crippen molar-refractivity contribution in [1.82, 2.24) is 0 Å². The Bertz CT molecular complexity index is 379. The van der Waals surface area contributed by atoms with E-state index in [1.54, 1.807) is 6.07 Å². The van der Waals surface area contributed by atoms with E-state index in [1.807, 2.05) is 0 Å². The molecule has 1 N–H and O–H groups in total. The van der Waals surface area contributed by atoms with Crippen LogP contribution in [0.5, 0.6) is 0 Å². The van der Waals surface area contributed by atoms with Gasteiger partial charge in [0.15, 0.2) is 0 Å². The molecule has 1 nitrogen and oxygen atoms in total. The predicted molar refractivity (Wildman–Crippen MR) is 64.3 cm³/mol. The van der Waals surface area contributed by atoms with Crippen LogP contribution < -0.4 is 4.90 Å². The largest absolute Gasteiger partial charge is 0.416 e. The summed E-state index contributed by atoms with van der Waals surface area (Å²) in [5, 5.41) is 0. The molecule has 4 heteroatoms. The topological polar surface area (TPSA) is 4.44 Å². The number of nitrogens with one attached hydrogen (secondary N) is 1. The first-order valence-corrected chi connectivity index (χ1v) is 6.55. The van der Waals surface area contributed by atoms with Crippen LogP contribution in [0.3, 0.4) is 0 Å². The number of hydrogen-bond donors (Lipinski definition) is 1. The van der Waals surface area contributed by atoms with E-state index in [9.17, 15) is 13.2 Å². The third-order valence-electron chi connectivity index (χ3n) is 3.52. The maximum Gasteiger partial charge on any atom is 0.416 e. The first-order chi connectivity index (χ1) is 8.55. The number of quaternary nitrogens is 1. The highest BCUT2D eigenvalue weighted by molar-refractivity contribution is 5.24. The lowest BCUT2D eigenvalue weighted by Gasteiger charge is -2.17.